The van der Waals surface area contributed by atoms with Crippen LogP contribution in [0.1, 0.15) is 49.0 Å². The zero-order chi connectivity index (χ0) is 14.4. The third-order valence-corrected chi connectivity index (χ3v) is 5.10. The summed E-state index contributed by atoms with van der Waals surface area (Å²) >= 11 is 0. The van der Waals surface area contributed by atoms with E-state index in [0.29, 0.717) is 18.3 Å². The van der Waals surface area contributed by atoms with E-state index in [2.05, 4.69) is 10.2 Å². The largest absolute Gasteiger partial charge is 0.338 e. The summed E-state index contributed by atoms with van der Waals surface area (Å²) in [6.07, 6.45) is 7.32. The standard InChI is InChI=1S/C15H20N4O2/c20-13(12-5-8-16-17-12)19-10-2-7-15(19)6-1-9-18(14(15)21)11-3-4-11/h5,8,11H,1-4,6-7,9-10H2,(H,16,17). The number of nitrogens with zero attached hydrogens (tertiary/aromatic N) is 3. The first-order chi connectivity index (χ1) is 10.2. The molecule has 1 unspecified atom stereocenters. The molecule has 2 aliphatic heterocycles. The molecule has 0 bridgehead atoms. The molecule has 2 amide bonds. The minimum absolute atomic E-state index is 0.0870. The molecule has 1 aliphatic carbocycles. The van der Waals surface area contributed by atoms with Gasteiger partial charge in [0.1, 0.15) is 11.2 Å². The number of hydrogen-bond acceptors (Lipinski definition) is 3. The van der Waals surface area contributed by atoms with E-state index in [1.54, 1.807) is 17.2 Å². The number of rotatable bonds is 2. The van der Waals surface area contributed by atoms with Gasteiger partial charge in [0.25, 0.3) is 5.91 Å². The quantitative estimate of drug-likeness (QED) is 0.888. The maximum atomic E-state index is 13.0. The van der Waals surface area contributed by atoms with Crippen molar-refractivity contribution < 1.29 is 9.59 Å². The summed E-state index contributed by atoms with van der Waals surface area (Å²) in [7, 11) is 0. The average Bonchev–Trinajstić information content (AvgIpc) is 3.03. The Morgan fingerprint density at radius 3 is 2.71 bits per heavy atom. The molecule has 1 atom stereocenters. The summed E-state index contributed by atoms with van der Waals surface area (Å²) in [5.41, 5.74) is -0.115. The normalized spacial score (nSPS) is 29.4. The number of H-pyrrole nitrogens is 1. The van der Waals surface area contributed by atoms with Crippen LogP contribution >= 0.6 is 0 Å². The maximum absolute atomic E-state index is 13.0. The molecule has 6 heteroatoms. The molecule has 0 aromatic carbocycles. The first-order valence-electron chi connectivity index (χ1n) is 7.85. The summed E-state index contributed by atoms with van der Waals surface area (Å²) in [5, 5.41) is 6.58. The Bertz CT molecular complexity index is 566. The fraction of sp³-hybridized carbons (Fsp3) is 0.667. The molecular weight excluding hydrogens is 268 g/mol. The molecule has 4 rings (SSSR count). The van der Waals surface area contributed by atoms with Crippen LogP contribution in [-0.2, 0) is 4.79 Å². The number of hydrogen-bond donors (Lipinski definition) is 1. The lowest BCUT2D eigenvalue weighted by atomic mass is 9.85. The van der Waals surface area contributed by atoms with E-state index in [1.165, 1.54) is 0 Å². The minimum atomic E-state index is -0.594. The monoisotopic (exact) mass is 288 g/mol. The number of carbonyl (C=O) groups excluding carboxylic acids is 2. The number of aromatic amines is 1. The molecular formula is C15H20N4O2. The molecule has 1 aromatic rings. The second-order valence-electron chi connectivity index (χ2n) is 6.40. The highest BCUT2D eigenvalue weighted by Gasteiger charge is 2.54. The van der Waals surface area contributed by atoms with Crippen molar-refractivity contribution in [3.05, 3.63) is 18.0 Å². The van der Waals surface area contributed by atoms with E-state index in [4.69, 9.17) is 0 Å². The molecule has 3 aliphatic rings. The van der Waals surface area contributed by atoms with E-state index in [9.17, 15) is 9.59 Å². The van der Waals surface area contributed by atoms with Crippen LogP contribution in [0.25, 0.3) is 0 Å². The summed E-state index contributed by atoms with van der Waals surface area (Å²) in [5.74, 6) is 0.0950. The highest BCUT2D eigenvalue weighted by Crippen LogP contribution is 2.42. The maximum Gasteiger partial charge on any atom is 0.272 e. The topological polar surface area (TPSA) is 69.3 Å². The third-order valence-electron chi connectivity index (χ3n) is 5.10. The van der Waals surface area contributed by atoms with Crippen molar-refractivity contribution in [1.29, 1.82) is 0 Å². The molecule has 6 nitrogen and oxygen atoms in total. The Balaban J connectivity index is 1.65. The minimum Gasteiger partial charge on any atom is -0.338 e. The number of likely N-dealkylation sites (tertiary alicyclic amines) is 2. The predicted molar refractivity (Wildman–Crippen MR) is 75.6 cm³/mol. The Kier molecular flexibility index (Phi) is 2.80. The van der Waals surface area contributed by atoms with Crippen LogP contribution in [-0.4, -0.2) is 56.5 Å². The smallest absolute Gasteiger partial charge is 0.272 e. The predicted octanol–water partition coefficient (Wildman–Crippen LogP) is 1.17. The van der Waals surface area contributed by atoms with Crippen LogP contribution in [0, 0.1) is 0 Å². The van der Waals surface area contributed by atoms with Gasteiger partial charge in [0.2, 0.25) is 5.91 Å². The second-order valence-corrected chi connectivity index (χ2v) is 6.40. The van der Waals surface area contributed by atoms with Gasteiger partial charge in [0.15, 0.2) is 0 Å². The number of carbonyl (C=O) groups is 2. The van der Waals surface area contributed by atoms with Crippen molar-refractivity contribution in [2.75, 3.05) is 13.1 Å². The average molecular weight is 288 g/mol. The molecule has 0 radical (unpaired) electrons. The SMILES string of the molecule is O=C(c1ccn[nH]1)N1CCCC12CCCN(C1CC1)C2=O. The lowest BCUT2D eigenvalue weighted by Crippen LogP contribution is -2.61. The van der Waals surface area contributed by atoms with Crippen LogP contribution in [0.3, 0.4) is 0 Å². The summed E-state index contributed by atoms with van der Waals surface area (Å²) in [4.78, 5) is 29.6. The molecule has 1 spiro atoms. The molecule has 3 fully saturated rings. The third kappa shape index (κ3) is 1.88. The van der Waals surface area contributed by atoms with Gasteiger partial charge in [-0.15, -0.1) is 0 Å². The van der Waals surface area contributed by atoms with Crippen LogP contribution in [0.15, 0.2) is 12.3 Å². The molecule has 3 heterocycles. The van der Waals surface area contributed by atoms with Gasteiger partial charge in [0, 0.05) is 25.3 Å². The Hall–Kier alpha value is -1.85. The molecule has 2 saturated heterocycles. The fourth-order valence-corrected chi connectivity index (χ4v) is 3.93. The summed E-state index contributed by atoms with van der Waals surface area (Å²) < 4.78 is 0. The number of amides is 2. The first-order valence-corrected chi connectivity index (χ1v) is 7.85. The van der Waals surface area contributed by atoms with Gasteiger partial charge in [-0.1, -0.05) is 0 Å². The zero-order valence-electron chi connectivity index (χ0n) is 12.0. The number of piperidine rings is 1. The van der Waals surface area contributed by atoms with E-state index in [1.807, 2.05) is 4.90 Å². The van der Waals surface area contributed by atoms with Gasteiger partial charge in [-0.2, -0.15) is 5.10 Å². The Labute approximate surface area is 123 Å². The van der Waals surface area contributed by atoms with E-state index in [-0.39, 0.29) is 11.8 Å². The molecule has 1 saturated carbocycles. The fourth-order valence-electron chi connectivity index (χ4n) is 3.93. The van der Waals surface area contributed by atoms with Gasteiger partial charge in [0.05, 0.1) is 0 Å². The van der Waals surface area contributed by atoms with Crippen LogP contribution in [0.5, 0.6) is 0 Å². The molecule has 112 valence electrons. The van der Waals surface area contributed by atoms with Gasteiger partial charge in [-0.25, -0.2) is 0 Å². The summed E-state index contributed by atoms with van der Waals surface area (Å²) in [6.45, 7) is 1.53. The lowest BCUT2D eigenvalue weighted by molar-refractivity contribution is -0.146. The zero-order valence-corrected chi connectivity index (χ0v) is 12.0. The van der Waals surface area contributed by atoms with Gasteiger partial charge >= 0.3 is 0 Å². The van der Waals surface area contributed by atoms with Gasteiger partial charge in [-0.3, -0.25) is 14.7 Å². The van der Waals surface area contributed by atoms with E-state index in [0.717, 1.165) is 45.1 Å². The van der Waals surface area contributed by atoms with Crippen LogP contribution in [0.2, 0.25) is 0 Å². The highest BCUT2D eigenvalue weighted by atomic mass is 16.2. The molecule has 21 heavy (non-hydrogen) atoms. The Morgan fingerprint density at radius 2 is 2.05 bits per heavy atom. The van der Waals surface area contributed by atoms with Crippen molar-refractivity contribution in [2.45, 2.75) is 50.1 Å². The van der Waals surface area contributed by atoms with Crippen molar-refractivity contribution in [2.24, 2.45) is 0 Å². The molecule has 1 N–H and O–H groups in total. The van der Waals surface area contributed by atoms with Gasteiger partial charge in [-0.05, 0) is 44.6 Å². The number of aromatic nitrogens is 2. The van der Waals surface area contributed by atoms with E-state index >= 15 is 0 Å². The highest BCUT2D eigenvalue weighted by molar-refractivity contribution is 5.99. The Morgan fingerprint density at radius 1 is 1.29 bits per heavy atom. The second kappa shape index (κ2) is 4.58. The lowest BCUT2D eigenvalue weighted by Gasteiger charge is -2.44. The van der Waals surface area contributed by atoms with Crippen molar-refractivity contribution in [3.8, 4) is 0 Å². The first kappa shape index (κ1) is 12.9. The van der Waals surface area contributed by atoms with Crippen molar-refractivity contribution in [3.63, 3.8) is 0 Å². The van der Waals surface area contributed by atoms with Crippen LogP contribution < -0.4 is 0 Å². The van der Waals surface area contributed by atoms with Gasteiger partial charge < -0.3 is 9.80 Å². The van der Waals surface area contributed by atoms with E-state index < -0.39 is 5.54 Å². The van der Waals surface area contributed by atoms with Crippen molar-refractivity contribution >= 4 is 11.8 Å². The van der Waals surface area contributed by atoms with Crippen molar-refractivity contribution in [1.82, 2.24) is 20.0 Å². The van der Waals surface area contributed by atoms with Crippen LogP contribution in [0.4, 0.5) is 0 Å². The number of nitrogens with one attached hydrogen (secondary N) is 1. The molecule has 1 aromatic heterocycles. The summed E-state index contributed by atoms with van der Waals surface area (Å²) in [6, 6.07) is 2.11.